The van der Waals surface area contributed by atoms with Crippen molar-refractivity contribution < 1.29 is 9.13 Å². The highest BCUT2D eigenvalue weighted by Gasteiger charge is 2.48. The van der Waals surface area contributed by atoms with E-state index in [0.29, 0.717) is 12.0 Å². The van der Waals surface area contributed by atoms with Crippen LogP contribution in [0, 0.1) is 11.7 Å². The largest absolute Gasteiger partial charge is 0.486 e. The second kappa shape index (κ2) is 5.96. The van der Waals surface area contributed by atoms with Crippen LogP contribution < -0.4 is 10.1 Å². The minimum atomic E-state index is -0.203. The molecule has 1 aliphatic heterocycles. The van der Waals surface area contributed by atoms with Crippen molar-refractivity contribution in [2.75, 3.05) is 6.54 Å². The summed E-state index contributed by atoms with van der Waals surface area (Å²) in [6.45, 7) is 5.42. The molecule has 3 heteroatoms. The maximum atomic E-state index is 13.6. The van der Waals surface area contributed by atoms with Crippen LogP contribution in [0.25, 0.3) is 0 Å². The van der Waals surface area contributed by atoms with Crippen LogP contribution in [0.15, 0.2) is 18.2 Å². The van der Waals surface area contributed by atoms with Crippen molar-refractivity contribution in [2.45, 2.75) is 64.0 Å². The molecule has 0 bridgehead atoms. The van der Waals surface area contributed by atoms with Crippen LogP contribution in [-0.4, -0.2) is 12.1 Å². The lowest BCUT2D eigenvalue weighted by atomic mass is 9.79. The number of benzene rings is 1. The minimum Gasteiger partial charge on any atom is -0.486 e. The number of fused-ring (bicyclic) bond motifs is 1. The van der Waals surface area contributed by atoms with Gasteiger partial charge < -0.3 is 10.1 Å². The van der Waals surface area contributed by atoms with E-state index in [1.165, 1.54) is 12.8 Å². The first-order valence-electron chi connectivity index (χ1n) is 8.40. The fourth-order valence-electron chi connectivity index (χ4n) is 4.20. The molecule has 1 aromatic rings. The molecule has 2 aliphatic rings. The summed E-state index contributed by atoms with van der Waals surface area (Å²) in [6.07, 6.45) is 6.84. The summed E-state index contributed by atoms with van der Waals surface area (Å²) in [6, 6.07) is 5.30. The Balaban J connectivity index is 1.94. The molecule has 2 nitrogen and oxygen atoms in total. The minimum absolute atomic E-state index is 0.0824. The SMILES string of the molecule is CCCNC1CC2(CCCC2CC)Oc2cc(F)ccc21. The number of nitrogens with one attached hydrogen (secondary N) is 1. The highest BCUT2D eigenvalue weighted by Crippen LogP contribution is 2.51. The molecule has 1 spiro atoms. The molecule has 3 unspecified atom stereocenters. The van der Waals surface area contributed by atoms with E-state index in [2.05, 4.69) is 19.2 Å². The molecule has 0 aromatic heterocycles. The lowest BCUT2D eigenvalue weighted by Gasteiger charge is -2.44. The highest BCUT2D eigenvalue weighted by atomic mass is 19.1. The van der Waals surface area contributed by atoms with Crippen molar-refractivity contribution in [3.05, 3.63) is 29.6 Å². The lowest BCUT2D eigenvalue weighted by molar-refractivity contribution is -0.00582. The quantitative estimate of drug-likeness (QED) is 0.875. The molecule has 1 N–H and O–H groups in total. The third-order valence-corrected chi connectivity index (χ3v) is 5.24. The summed E-state index contributed by atoms with van der Waals surface area (Å²) >= 11 is 0. The van der Waals surface area contributed by atoms with Gasteiger partial charge in [0.05, 0.1) is 0 Å². The van der Waals surface area contributed by atoms with Gasteiger partial charge in [-0.2, -0.15) is 0 Å². The molecule has 3 rings (SSSR count). The summed E-state index contributed by atoms with van der Waals surface area (Å²) in [7, 11) is 0. The van der Waals surface area contributed by atoms with E-state index in [4.69, 9.17) is 4.74 Å². The molecule has 116 valence electrons. The van der Waals surface area contributed by atoms with E-state index in [1.807, 2.05) is 6.07 Å². The third-order valence-electron chi connectivity index (χ3n) is 5.24. The summed E-state index contributed by atoms with van der Waals surface area (Å²) in [5.74, 6) is 1.15. The zero-order valence-corrected chi connectivity index (χ0v) is 13.1. The average Bonchev–Trinajstić information content (AvgIpc) is 2.86. The Morgan fingerprint density at radius 3 is 3.00 bits per heavy atom. The third kappa shape index (κ3) is 2.68. The van der Waals surface area contributed by atoms with Gasteiger partial charge in [-0.15, -0.1) is 0 Å². The van der Waals surface area contributed by atoms with Gasteiger partial charge in [0.2, 0.25) is 0 Å². The molecule has 0 radical (unpaired) electrons. The van der Waals surface area contributed by atoms with E-state index in [0.717, 1.165) is 43.5 Å². The molecule has 1 aromatic carbocycles. The summed E-state index contributed by atoms with van der Waals surface area (Å²) in [4.78, 5) is 0. The first-order chi connectivity index (χ1) is 10.2. The molecule has 1 aliphatic carbocycles. The van der Waals surface area contributed by atoms with Crippen molar-refractivity contribution in [2.24, 2.45) is 5.92 Å². The molecule has 0 amide bonds. The molecule has 1 saturated carbocycles. The van der Waals surface area contributed by atoms with Crippen molar-refractivity contribution >= 4 is 0 Å². The van der Waals surface area contributed by atoms with Gasteiger partial charge in [-0.05, 0) is 50.6 Å². The number of rotatable bonds is 4. The zero-order valence-electron chi connectivity index (χ0n) is 13.1. The van der Waals surface area contributed by atoms with Crippen LogP contribution >= 0.6 is 0 Å². The second-order valence-electron chi connectivity index (χ2n) is 6.56. The van der Waals surface area contributed by atoms with Crippen LogP contribution in [-0.2, 0) is 0 Å². The Labute approximate surface area is 127 Å². The standard InChI is InChI=1S/C18H26FNO/c1-3-10-20-16-12-18(9-5-6-13(18)4-2)21-17-11-14(19)7-8-15(16)17/h7-8,11,13,16,20H,3-6,9-10,12H2,1-2H3. The smallest absolute Gasteiger partial charge is 0.127 e. The maximum Gasteiger partial charge on any atom is 0.127 e. The lowest BCUT2D eigenvalue weighted by Crippen LogP contribution is -2.46. The Kier molecular flexibility index (Phi) is 4.21. The van der Waals surface area contributed by atoms with Gasteiger partial charge in [0.15, 0.2) is 0 Å². The van der Waals surface area contributed by atoms with Crippen LogP contribution in [0.2, 0.25) is 0 Å². The van der Waals surface area contributed by atoms with Crippen molar-refractivity contribution in [1.82, 2.24) is 5.32 Å². The van der Waals surface area contributed by atoms with Gasteiger partial charge in [0.25, 0.3) is 0 Å². The van der Waals surface area contributed by atoms with E-state index < -0.39 is 0 Å². The number of halogens is 1. The van der Waals surface area contributed by atoms with Crippen molar-refractivity contribution in [3.63, 3.8) is 0 Å². The fourth-order valence-corrected chi connectivity index (χ4v) is 4.20. The van der Waals surface area contributed by atoms with Gasteiger partial charge in [-0.25, -0.2) is 4.39 Å². The Morgan fingerprint density at radius 2 is 2.24 bits per heavy atom. The summed E-state index contributed by atoms with van der Waals surface area (Å²) < 4.78 is 20.0. The van der Waals surface area contributed by atoms with Gasteiger partial charge in [-0.3, -0.25) is 0 Å². The van der Waals surface area contributed by atoms with Crippen LogP contribution in [0.1, 0.15) is 64.0 Å². The Hall–Kier alpha value is -1.09. The van der Waals surface area contributed by atoms with E-state index in [9.17, 15) is 4.39 Å². The Morgan fingerprint density at radius 1 is 1.38 bits per heavy atom. The van der Waals surface area contributed by atoms with E-state index >= 15 is 0 Å². The topological polar surface area (TPSA) is 21.3 Å². The van der Waals surface area contributed by atoms with Gasteiger partial charge >= 0.3 is 0 Å². The Bertz CT molecular complexity index is 504. The molecule has 1 heterocycles. The van der Waals surface area contributed by atoms with Gasteiger partial charge in [-0.1, -0.05) is 19.9 Å². The molecule has 3 atom stereocenters. The summed E-state index contributed by atoms with van der Waals surface area (Å²) in [5.41, 5.74) is 1.04. The molecule has 0 saturated heterocycles. The van der Waals surface area contributed by atoms with Gasteiger partial charge in [0.1, 0.15) is 17.2 Å². The second-order valence-corrected chi connectivity index (χ2v) is 6.56. The first kappa shape index (κ1) is 14.8. The van der Waals surface area contributed by atoms with E-state index in [-0.39, 0.29) is 11.4 Å². The summed E-state index contributed by atoms with van der Waals surface area (Å²) in [5, 5.41) is 3.64. The monoisotopic (exact) mass is 291 g/mol. The van der Waals surface area contributed by atoms with Crippen LogP contribution in [0.4, 0.5) is 4.39 Å². The normalized spacial score (nSPS) is 31.2. The van der Waals surface area contributed by atoms with Crippen molar-refractivity contribution in [3.8, 4) is 5.75 Å². The van der Waals surface area contributed by atoms with Crippen LogP contribution in [0.5, 0.6) is 5.75 Å². The van der Waals surface area contributed by atoms with Crippen LogP contribution in [0.3, 0.4) is 0 Å². The van der Waals surface area contributed by atoms with E-state index in [1.54, 1.807) is 12.1 Å². The maximum absolute atomic E-state index is 13.6. The first-order valence-corrected chi connectivity index (χ1v) is 8.40. The average molecular weight is 291 g/mol. The molecule has 1 fully saturated rings. The predicted molar refractivity (Wildman–Crippen MR) is 83.0 cm³/mol. The number of hydrogen-bond acceptors (Lipinski definition) is 2. The molecule has 21 heavy (non-hydrogen) atoms. The highest BCUT2D eigenvalue weighted by molar-refractivity contribution is 5.40. The van der Waals surface area contributed by atoms with Crippen molar-refractivity contribution in [1.29, 1.82) is 0 Å². The number of ether oxygens (including phenoxy) is 1. The molecular weight excluding hydrogens is 265 g/mol. The predicted octanol–water partition coefficient (Wildman–Crippen LogP) is 4.60. The number of hydrogen-bond donors (Lipinski definition) is 1. The molecular formula is C18H26FNO. The van der Waals surface area contributed by atoms with Gasteiger partial charge in [0, 0.05) is 24.1 Å². The zero-order chi connectivity index (χ0) is 14.9. The fraction of sp³-hybridized carbons (Fsp3) is 0.667.